The van der Waals surface area contributed by atoms with Crippen molar-refractivity contribution in [2.45, 2.75) is 20.3 Å². The highest BCUT2D eigenvalue weighted by atomic mass is 16.5. The maximum atomic E-state index is 12.6. The van der Waals surface area contributed by atoms with Crippen molar-refractivity contribution < 1.29 is 14.7 Å². The molecule has 21 heavy (non-hydrogen) atoms. The Bertz CT molecular complexity index is 503. The van der Waals surface area contributed by atoms with Crippen molar-refractivity contribution in [3.05, 3.63) is 23.9 Å². The number of nitrogens with zero attached hydrogens (tertiary/aromatic N) is 3. The van der Waals surface area contributed by atoms with Crippen molar-refractivity contribution in [3.63, 3.8) is 0 Å². The number of methoxy groups -OCH3 is 1. The number of oxime groups is 1. The van der Waals surface area contributed by atoms with Gasteiger partial charge in [-0.25, -0.2) is 4.98 Å². The molecular weight excluding hydrogens is 272 g/mol. The number of carbonyl (C=O) groups is 1. The number of aromatic nitrogens is 1. The number of ether oxygens (including phenoxy) is 1. The fourth-order valence-electron chi connectivity index (χ4n) is 1.90. The van der Waals surface area contributed by atoms with Gasteiger partial charge in [0.1, 0.15) is 11.4 Å². The van der Waals surface area contributed by atoms with Crippen molar-refractivity contribution in [1.29, 1.82) is 0 Å². The van der Waals surface area contributed by atoms with Crippen LogP contribution in [0.4, 0.5) is 0 Å². The summed E-state index contributed by atoms with van der Waals surface area (Å²) in [6.45, 7) is 4.97. The second kappa shape index (κ2) is 8.08. The van der Waals surface area contributed by atoms with E-state index in [0.29, 0.717) is 36.9 Å². The molecule has 1 aromatic heterocycles. The van der Waals surface area contributed by atoms with E-state index in [1.807, 2.05) is 13.8 Å². The van der Waals surface area contributed by atoms with Gasteiger partial charge in [0.25, 0.3) is 5.91 Å². The standard InChI is InChI=1S/C14H22N4O3/c1-10(2)9-18(8-6-12(15)17-20)14(19)11-5-4-7-16-13(11)21-3/h4-5,7,10,20H,6,8-9H2,1-3H3,(H2,15,17). The van der Waals surface area contributed by atoms with Gasteiger partial charge in [0.2, 0.25) is 5.88 Å². The van der Waals surface area contributed by atoms with Crippen LogP contribution in [0.15, 0.2) is 23.5 Å². The first-order valence-corrected chi connectivity index (χ1v) is 6.74. The zero-order valence-electron chi connectivity index (χ0n) is 12.6. The van der Waals surface area contributed by atoms with Crippen LogP contribution in [0.2, 0.25) is 0 Å². The van der Waals surface area contributed by atoms with E-state index in [-0.39, 0.29) is 11.7 Å². The molecule has 0 atom stereocenters. The van der Waals surface area contributed by atoms with E-state index in [9.17, 15) is 4.79 Å². The third-order valence-electron chi connectivity index (χ3n) is 2.83. The average molecular weight is 294 g/mol. The molecule has 0 spiro atoms. The minimum Gasteiger partial charge on any atom is -0.480 e. The van der Waals surface area contributed by atoms with Crippen LogP contribution in [0.5, 0.6) is 5.88 Å². The predicted molar refractivity (Wildman–Crippen MR) is 79.6 cm³/mol. The molecule has 3 N–H and O–H groups in total. The highest BCUT2D eigenvalue weighted by molar-refractivity contribution is 5.96. The van der Waals surface area contributed by atoms with E-state index in [2.05, 4.69) is 10.1 Å². The van der Waals surface area contributed by atoms with Crippen molar-refractivity contribution in [1.82, 2.24) is 9.88 Å². The molecule has 0 aliphatic carbocycles. The van der Waals surface area contributed by atoms with Gasteiger partial charge in [0.15, 0.2) is 0 Å². The van der Waals surface area contributed by atoms with Crippen LogP contribution in [-0.2, 0) is 0 Å². The molecule has 0 saturated carbocycles. The molecule has 0 bridgehead atoms. The van der Waals surface area contributed by atoms with Gasteiger partial charge in [0.05, 0.1) is 7.11 Å². The zero-order valence-corrected chi connectivity index (χ0v) is 12.6. The summed E-state index contributed by atoms with van der Waals surface area (Å²) in [5, 5.41) is 11.5. The molecule has 1 rings (SSSR count). The van der Waals surface area contributed by atoms with Crippen LogP contribution >= 0.6 is 0 Å². The Kier molecular flexibility index (Phi) is 6.45. The molecule has 0 saturated heterocycles. The maximum absolute atomic E-state index is 12.6. The van der Waals surface area contributed by atoms with Gasteiger partial charge in [-0.1, -0.05) is 19.0 Å². The molecule has 1 heterocycles. The lowest BCUT2D eigenvalue weighted by Gasteiger charge is -2.25. The molecule has 0 unspecified atom stereocenters. The van der Waals surface area contributed by atoms with Crippen LogP contribution in [0.25, 0.3) is 0 Å². The van der Waals surface area contributed by atoms with E-state index in [4.69, 9.17) is 15.7 Å². The number of nitrogens with two attached hydrogens (primary N) is 1. The van der Waals surface area contributed by atoms with Gasteiger partial charge in [-0.05, 0) is 18.1 Å². The Balaban J connectivity index is 2.93. The minimum atomic E-state index is -0.181. The predicted octanol–water partition coefficient (Wildman–Crippen LogP) is 1.32. The van der Waals surface area contributed by atoms with Gasteiger partial charge in [-0.3, -0.25) is 4.79 Å². The van der Waals surface area contributed by atoms with E-state index in [1.165, 1.54) is 7.11 Å². The third-order valence-corrected chi connectivity index (χ3v) is 2.83. The summed E-state index contributed by atoms with van der Waals surface area (Å²) in [7, 11) is 1.47. The number of carbonyl (C=O) groups excluding carboxylic acids is 1. The quantitative estimate of drug-likeness (QED) is 0.342. The first-order valence-electron chi connectivity index (χ1n) is 6.74. The third kappa shape index (κ3) is 4.94. The van der Waals surface area contributed by atoms with Gasteiger partial charge < -0.3 is 20.6 Å². The first kappa shape index (κ1) is 16.7. The summed E-state index contributed by atoms with van der Waals surface area (Å²) in [6, 6.07) is 3.36. The molecular formula is C14H22N4O3. The van der Waals surface area contributed by atoms with Crippen molar-refractivity contribution >= 4 is 11.7 Å². The molecule has 0 radical (unpaired) electrons. The van der Waals surface area contributed by atoms with Gasteiger partial charge >= 0.3 is 0 Å². The molecule has 0 aliphatic heterocycles. The number of hydrogen-bond acceptors (Lipinski definition) is 5. The Morgan fingerprint density at radius 1 is 1.57 bits per heavy atom. The largest absolute Gasteiger partial charge is 0.480 e. The van der Waals surface area contributed by atoms with Crippen molar-refractivity contribution in [3.8, 4) is 5.88 Å². The highest BCUT2D eigenvalue weighted by Gasteiger charge is 2.21. The average Bonchev–Trinajstić information content (AvgIpc) is 2.49. The second-order valence-corrected chi connectivity index (χ2v) is 5.05. The van der Waals surface area contributed by atoms with Gasteiger partial charge in [0, 0.05) is 25.7 Å². The lowest BCUT2D eigenvalue weighted by molar-refractivity contribution is 0.0736. The topological polar surface area (TPSA) is 101 Å². The normalized spacial score (nSPS) is 11.5. The Morgan fingerprint density at radius 3 is 2.86 bits per heavy atom. The Labute approximate surface area is 124 Å². The van der Waals surface area contributed by atoms with Crippen molar-refractivity contribution in [2.24, 2.45) is 16.8 Å². The lowest BCUT2D eigenvalue weighted by atomic mass is 10.1. The number of amides is 1. The maximum Gasteiger partial charge on any atom is 0.259 e. The van der Waals surface area contributed by atoms with Crippen LogP contribution in [-0.4, -0.2) is 47.0 Å². The van der Waals surface area contributed by atoms with E-state index in [1.54, 1.807) is 23.2 Å². The van der Waals surface area contributed by atoms with Crippen LogP contribution in [0.3, 0.4) is 0 Å². The Hall–Kier alpha value is -2.31. The zero-order chi connectivity index (χ0) is 15.8. The van der Waals surface area contributed by atoms with E-state index < -0.39 is 0 Å². The monoisotopic (exact) mass is 294 g/mol. The molecule has 7 heteroatoms. The van der Waals surface area contributed by atoms with E-state index >= 15 is 0 Å². The smallest absolute Gasteiger partial charge is 0.259 e. The molecule has 0 fully saturated rings. The lowest BCUT2D eigenvalue weighted by Crippen LogP contribution is -2.37. The van der Waals surface area contributed by atoms with Gasteiger partial charge in [-0.15, -0.1) is 0 Å². The number of amidine groups is 1. The summed E-state index contributed by atoms with van der Waals surface area (Å²) in [5.41, 5.74) is 5.87. The molecule has 7 nitrogen and oxygen atoms in total. The number of pyridine rings is 1. The molecule has 116 valence electrons. The SMILES string of the molecule is COc1ncccc1C(=O)N(CCC(N)=NO)CC(C)C. The first-order chi connectivity index (χ1) is 9.99. The molecule has 0 aliphatic rings. The Morgan fingerprint density at radius 2 is 2.29 bits per heavy atom. The van der Waals surface area contributed by atoms with Crippen LogP contribution in [0, 0.1) is 5.92 Å². The fraction of sp³-hybridized carbons (Fsp3) is 0.500. The molecule has 1 aromatic rings. The van der Waals surface area contributed by atoms with Crippen molar-refractivity contribution in [2.75, 3.05) is 20.2 Å². The summed E-state index contributed by atoms with van der Waals surface area (Å²) >= 11 is 0. The summed E-state index contributed by atoms with van der Waals surface area (Å²) in [4.78, 5) is 18.3. The van der Waals surface area contributed by atoms with E-state index in [0.717, 1.165) is 0 Å². The number of rotatable bonds is 7. The van der Waals surface area contributed by atoms with Crippen LogP contribution < -0.4 is 10.5 Å². The minimum absolute atomic E-state index is 0.0923. The molecule has 1 amide bonds. The highest BCUT2D eigenvalue weighted by Crippen LogP contribution is 2.17. The summed E-state index contributed by atoms with van der Waals surface area (Å²) in [6.07, 6.45) is 1.87. The number of hydrogen-bond donors (Lipinski definition) is 2. The summed E-state index contributed by atoms with van der Waals surface area (Å²) < 4.78 is 5.12. The second-order valence-electron chi connectivity index (χ2n) is 5.05. The summed E-state index contributed by atoms with van der Waals surface area (Å²) in [5.74, 6) is 0.498. The van der Waals surface area contributed by atoms with Crippen LogP contribution in [0.1, 0.15) is 30.6 Å². The fourth-order valence-corrected chi connectivity index (χ4v) is 1.90. The van der Waals surface area contributed by atoms with Gasteiger partial charge in [-0.2, -0.15) is 0 Å². The molecule has 0 aromatic carbocycles.